The highest BCUT2D eigenvalue weighted by Gasteiger charge is 2.51. The van der Waals surface area contributed by atoms with E-state index in [9.17, 15) is 33.6 Å². The molecule has 2 heterocycles. The number of fused-ring (bicyclic) bond motifs is 1. The number of phosphoric ester groups is 1. The molecule has 1 aliphatic carbocycles. The minimum atomic E-state index is -5.84. The fourth-order valence-electron chi connectivity index (χ4n) is 2.97. The molecule has 3 aliphatic rings. The van der Waals surface area contributed by atoms with Gasteiger partial charge in [0.1, 0.15) is 18.3 Å². The maximum Gasteiger partial charge on any atom is 0.479 e. The third kappa shape index (κ3) is 4.78. The Balaban J connectivity index is 1.66. The fraction of sp³-hybridized carbons (Fsp3) is 0.583. The third-order valence-corrected chi connectivity index (χ3v) is 9.90. The van der Waals surface area contributed by atoms with Gasteiger partial charge >= 0.3 is 28.4 Å². The fourth-order valence-corrected chi connectivity index (χ4v) is 6.64. The van der Waals surface area contributed by atoms with E-state index in [-0.39, 0.29) is 6.04 Å². The number of aliphatic hydroxyl groups excluding tert-OH is 2. The monoisotopic (exact) mass is 492 g/mol. The van der Waals surface area contributed by atoms with E-state index >= 15 is 0 Å². The van der Waals surface area contributed by atoms with Gasteiger partial charge in [-0.25, -0.2) is 18.5 Å². The molecular formula is C12H19N2O13P3. The number of aliphatic hydroxyl groups is 2. The Morgan fingerprint density at radius 3 is 2.47 bits per heavy atom. The predicted octanol–water partition coefficient (Wildman–Crippen LogP) is -0.918. The van der Waals surface area contributed by atoms with Gasteiger partial charge in [0.2, 0.25) is 0 Å². The van der Waals surface area contributed by atoms with Crippen molar-refractivity contribution in [1.29, 1.82) is 0 Å². The van der Waals surface area contributed by atoms with Gasteiger partial charge in [-0.15, -0.1) is 0 Å². The molecule has 18 heteroatoms. The van der Waals surface area contributed by atoms with Crippen molar-refractivity contribution in [3.05, 3.63) is 23.9 Å². The van der Waals surface area contributed by atoms with Crippen molar-refractivity contribution >= 4 is 28.4 Å². The Bertz CT molecular complexity index is 915. The van der Waals surface area contributed by atoms with Crippen LogP contribution in [-0.4, -0.2) is 77.9 Å². The van der Waals surface area contributed by atoms with Crippen molar-refractivity contribution in [2.45, 2.75) is 37.0 Å². The lowest BCUT2D eigenvalue weighted by Crippen LogP contribution is -2.53. The number of carbonyl (C=O) groups excluding carboxylic acids is 1. The average molecular weight is 492 g/mol. The molecule has 1 saturated heterocycles. The lowest BCUT2D eigenvalue weighted by molar-refractivity contribution is -0.0655. The van der Waals surface area contributed by atoms with Crippen LogP contribution in [0.1, 0.15) is 6.42 Å². The van der Waals surface area contributed by atoms with Gasteiger partial charge < -0.3 is 39.8 Å². The molecule has 7 atom stereocenters. The van der Waals surface area contributed by atoms with Crippen LogP contribution in [0.15, 0.2) is 23.9 Å². The second-order valence-corrected chi connectivity index (χ2v) is 13.5. The first kappa shape index (κ1) is 23.7. The zero-order valence-corrected chi connectivity index (χ0v) is 17.5. The second-order valence-electron chi connectivity index (χ2n) is 6.57. The van der Waals surface area contributed by atoms with Crippen LogP contribution in [0.5, 0.6) is 0 Å². The largest absolute Gasteiger partial charge is 0.479 e. The first-order valence-corrected chi connectivity index (χ1v) is 13.7. The Kier molecular flexibility index (Phi) is 6.50. The lowest BCUT2D eigenvalue weighted by atomic mass is 10.1. The Hall–Kier alpha value is -0.920. The summed E-state index contributed by atoms with van der Waals surface area (Å²) < 4.78 is 47.2. The molecule has 2 aliphatic heterocycles. The molecule has 7 N–H and O–H groups in total. The van der Waals surface area contributed by atoms with Crippen LogP contribution >= 0.6 is 22.4 Å². The summed E-state index contributed by atoms with van der Waals surface area (Å²) in [5, 5.41) is 23.0. The Morgan fingerprint density at radius 1 is 1.17 bits per heavy atom. The second kappa shape index (κ2) is 8.21. The van der Waals surface area contributed by atoms with Crippen LogP contribution in [0.4, 0.5) is 4.79 Å². The first-order valence-electron chi connectivity index (χ1n) is 8.28. The summed E-state index contributed by atoms with van der Waals surface area (Å²) in [6.45, 7) is -0.988. The number of nitrogens with zero attached hydrogens (tertiary/aromatic N) is 1. The molecule has 170 valence electrons. The summed E-state index contributed by atoms with van der Waals surface area (Å²) in [6.07, 6.45) is -0.662. The van der Waals surface area contributed by atoms with E-state index in [2.05, 4.69) is 14.2 Å². The highest BCUT2D eigenvalue weighted by Crippen LogP contribution is 2.80. The number of urea groups is 1. The van der Waals surface area contributed by atoms with Crippen molar-refractivity contribution in [2.24, 2.45) is 0 Å². The Labute approximate surface area is 168 Å². The quantitative estimate of drug-likeness (QED) is 0.213. The zero-order chi connectivity index (χ0) is 22.5. The van der Waals surface area contributed by atoms with E-state index < -0.39 is 59.6 Å². The number of phosphoric acid groups is 1. The smallest absolute Gasteiger partial charge is 0.387 e. The SMILES string of the molecule is O=C1NC2CC=CC2=CN1C1OC(COP(=O)(O)OP(=O)(O)P(=O)(O)O)C(O)C1O. The van der Waals surface area contributed by atoms with Gasteiger partial charge in [-0.05, 0) is 12.0 Å². The van der Waals surface area contributed by atoms with Gasteiger partial charge in [0.05, 0.1) is 12.6 Å². The molecule has 0 aromatic carbocycles. The number of amides is 2. The van der Waals surface area contributed by atoms with Crippen LogP contribution in [0.2, 0.25) is 0 Å². The van der Waals surface area contributed by atoms with Crippen molar-refractivity contribution in [3.8, 4) is 0 Å². The number of nitrogens with one attached hydrogen (secondary N) is 1. The van der Waals surface area contributed by atoms with E-state index in [1.54, 1.807) is 6.08 Å². The van der Waals surface area contributed by atoms with E-state index in [4.69, 9.17) is 19.4 Å². The summed E-state index contributed by atoms with van der Waals surface area (Å²) in [4.78, 5) is 49.1. The van der Waals surface area contributed by atoms with Crippen molar-refractivity contribution in [2.75, 3.05) is 6.61 Å². The Morgan fingerprint density at radius 2 is 1.83 bits per heavy atom. The third-order valence-electron chi connectivity index (χ3n) is 4.46. The van der Waals surface area contributed by atoms with Crippen LogP contribution in [0.25, 0.3) is 0 Å². The van der Waals surface area contributed by atoms with E-state index in [1.807, 2.05) is 6.08 Å². The highest BCUT2D eigenvalue weighted by atomic mass is 32.1. The standard InChI is InChI=1S/C12H19N2O13P3/c15-9-8(5-25-29(21,22)27-30(23,24)28(18,19)20)26-11(10(9)16)14-4-6-2-1-3-7(6)13-12(14)17/h1-2,4,7-11,15-16H,3,5H2,(H,13,17)(H,21,22)(H,23,24)(H2,18,19,20). The van der Waals surface area contributed by atoms with Crippen molar-refractivity contribution in [3.63, 3.8) is 0 Å². The first-order chi connectivity index (χ1) is 13.7. The maximum atomic E-state index is 12.3. The molecule has 7 unspecified atom stereocenters. The van der Waals surface area contributed by atoms with Crippen molar-refractivity contribution in [1.82, 2.24) is 10.2 Å². The highest BCUT2D eigenvalue weighted by molar-refractivity contribution is 8.27. The summed E-state index contributed by atoms with van der Waals surface area (Å²) in [7, 11) is -17.1. The van der Waals surface area contributed by atoms with Gasteiger partial charge in [-0.1, -0.05) is 12.2 Å². The number of carbonyl (C=O) groups is 1. The average Bonchev–Trinajstić information content (AvgIpc) is 3.16. The summed E-state index contributed by atoms with van der Waals surface area (Å²) in [5.41, 5.74) is 0.726. The number of rotatable bonds is 7. The van der Waals surface area contributed by atoms with E-state index in [0.717, 1.165) is 10.5 Å². The molecule has 15 nitrogen and oxygen atoms in total. The summed E-state index contributed by atoms with van der Waals surface area (Å²) in [6, 6.07) is -0.846. The predicted molar refractivity (Wildman–Crippen MR) is 95.4 cm³/mol. The molecule has 2 amide bonds. The molecule has 0 aromatic rings. The summed E-state index contributed by atoms with van der Waals surface area (Å²) in [5.74, 6) is 0. The molecule has 3 rings (SSSR count). The molecule has 0 spiro atoms. The molecule has 0 saturated carbocycles. The normalized spacial score (nSPS) is 35.4. The molecule has 30 heavy (non-hydrogen) atoms. The van der Waals surface area contributed by atoms with Crippen LogP contribution in [-0.2, 0) is 27.3 Å². The van der Waals surface area contributed by atoms with Gasteiger partial charge in [-0.3, -0.25) is 9.42 Å². The molecule has 1 fully saturated rings. The molecular weight excluding hydrogens is 473 g/mol. The lowest BCUT2D eigenvalue weighted by Gasteiger charge is -2.33. The molecule has 0 aromatic heterocycles. The van der Waals surface area contributed by atoms with Gasteiger partial charge in [0.25, 0.3) is 0 Å². The van der Waals surface area contributed by atoms with Crippen LogP contribution in [0.3, 0.4) is 0 Å². The van der Waals surface area contributed by atoms with Gasteiger partial charge in [0.15, 0.2) is 6.23 Å². The van der Waals surface area contributed by atoms with Crippen molar-refractivity contribution < 1.29 is 61.8 Å². The maximum absolute atomic E-state index is 12.3. The van der Waals surface area contributed by atoms with E-state index in [1.165, 1.54) is 6.20 Å². The topological polar surface area (TPSA) is 233 Å². The van der Waals surface area contributed by atoms with Crippen LogP contribution < -0.4 is 5.32 Å². The minimum Gasteiger partial charge on any atom is -0.387 e. The molecule has 0 radical (unpaired) electrons. The zero-order valence-electron chi connectivity index (χ0n) is 14.9. The molecule has 0 bridgehead atoms. The number of hydrogen-bond donors (Lipinski definition) is 7. The van der Waals surface area contributed by atoms with E-state index in [0.29, 0.717) is 6.42 Å². The van der Waals surface area contributed by atoms with Gasteiger partial charge in [0, 0.05) is 6.20 Å². The van der Waals surface area contributed by atoms with Gasteiger partial charge in [-0.2, -0.15) is 4.31 Å². The summed E-state index contributed by atoms with van der Waals surface area (Å²) >= 11 is 0. The minimum absolute atomic E-state index is 0.225. The van der Waals surface area contributed by atoms with Crippen LogP contribution in [0, 0.1) is 0 Å². The number of hydrogen-bond acceptors (Lipinski definition) is 9. The number of ether oxygens (including phenoxy) is 1.